The van der Waals surface area contributed by atoms with E-state index in [4.69, 9.17) is 9.73 Å². The van der Waals surface area contributed by atoms with E-state index in [1.807, 2.05) is 12.1 Å². The standard InChI is InChI=1S/C20H29N5O3/c1-21-18-16(11-6-12-22-18)19-23-20(28-25-19)15(13-17(26)24-27)10-5-9-14-7-3-2-4-8-14/h6,11-12,14-15,27H,2-5,7-10,13H2,1H3,(H,21,22)(H,24,26). The third-order valence-electron chi connectivity index (χ3n) is 5.52. The van der Waals surface area contributed by atoms with Crippen LogP contribution in [0, 0.1) is 5.92 Å². The smallest absolute Gasteiger partial charge is 0.244 e. The molecule has 0 spiro atoms. The molecule has 1 atom stereocenters. The molecule has 3 N–H and O–H groups in total. The largest absolute Gasteiger partial charge is 0.373 e. The monoisotopic (exact) mass is 387 g/mol. The third kappa shape index (κ3) is 5.28. The summed E-state index contributed by atoms with van der Waals surface area (Å²) in [4.78, 5) is 20.6. The van der Waals surface area contributed by atoms with Crippen molar-refractivity contribution in [3.05, 3.63) is 24.2 Å². The van der Waals surface area contributed by atoms with Gasteiger partial charge in [0.1, 0.15) is 5.82 Å². The van der Waals surface area contributed by atoms with E-state index >= 15 is 0 Å². The Kier molecular flexibility index (Phi) is 7.36. The minimum absolute atomic E-state index is 0.120. The molecule has 1 aliphatic carbocycles. The second-order valence-electron chi connectivity index (χ2n) is 7.48. The zero-order chi connectivity index (χ0) is 19.8. The van der Waals surface area contributed by atoms with Crippen molar-refractivity contribution in [2.75, 3.05) is 12.4 Å². The number of aromatic nitrogens is 3. The quantitative estimate of drug-likeness (QED) is 0.442. The fourth-order valence-electron chi connectivity index (χ4n) is 4.01. The molecule has 0 radical (unpaired) electrons. The molecule has 1 aliphatic rings. The van der Waals surface area contributed by atoms with Gasteiger partial charge >= 0.3 is 0 Å². The first-order chi connectivity index (χ1) is 13.7. The fourth-order valence-corrected chi connectivity index (χ4v) is 4.01. The number of carbonyl (C=O) groups excluding carboxylic acids is 1. The summed E-state index contributed by atoms with van der Waals surface area (Å²) >= 11 is 0. The zero-order valence-corrected chi connectivity index (χ0v) is 16.4. The molecule has 2 aromatic rings. The highest BCUT2D eigenvalue weighted by Crippen LogP contribution is 2.32. The van der Waals surface area contributed by atoms with Crippen molar-refractivity contribution in [2.45, 2.75) is 63.7 Å². The Morgan fingerprint density at radius 3 is 2.93 bits per heavy atom. The van der Waals surface area contributed by atoms with Gasteiger partial charge < -0.3 is 9.84 Å². The van der Waals surface area contributed by atoms with E-state index in [9.17, 15) is 4.79 Å². The second-order valence-corrected chi connectivity index (χ2v) is 7.48. The van der Waals surface area contributed by atoms with Gasteiger partial charge in [-0.05, 0) is 24.5 Å². The lowest BCUT2D eigenvalue weighted by molar-refractivity contribution is -0.129. The van der Waals surface area contributed by atoms with Crippen molar-refractivity contribution in [2.24, 2.45) is 5.92 Å². The van der Waals surface area contributed by atoms with Crippen LogP contribution in [0.4, 0.5) is 5.82 Å². The maximum Gasteiger partial charge on any atom is 0.244 e. The van der Waals surface area contributed by atoms with Crippen LogP contribution in [0.15, 0.2) is 22.9 Å². The minimum atomic E-state index is -0.445. The molecule has 152 valence electrons. The number of amides is 1. The summed E-state index contributed by atoms with van der Waals surface area (Å²) in [5.74, 6) is 1.65. The lowest BCUT2D eigenvalue weighted by Crippen LogP contribution is -2.21. The Hall–Kier alpha value is -2.48. The van der Waals surface area contributed by atoms with E-state index in [0.29, 0.717) is 17.5 Å². The normalized spacial score (nSPS) is 15.9. The SMILES string of the molecule is CNc1ncccc1-c1noc(C(CCCC2CCCCC2)CC(=O)NO)n1. The molecule has 3 rings (SSSR count). The Balaban J connectivity index is 1.69. The average Bonchev–Trinajstić information content (AvgIpc) is 3.23. The van der Waals surface area contributed by atoms with Gasteiger partial charge in [0, 0.05) is 25.6 Å². The molecule has 8 heteroatoms. The van der Waals surface area contributed by atoms with Crippen molar-refractivity contribution >= 4 is 11.7 Å². The molecular weight excluding hydrogens is 358 g/mol. The van der Waals surface area contributed by atoms with E-state index < -0.39 is 5.91 Å². The summed E-state index contributed by atoms with van der Waals surface area (Å²) in [7, 11) is 1.78. The van der Waals surface area contributed by atoms with Gasteiger partial charge in [-0.3, -0.25) is 10.0 Å². The Labute approximate surface area is 165 Å². The predicted octanol–water partition coefficient (Wildman–Crippen LogP) is 3.90. The fraction of sp³-hybridized carbons (Fsp3) is 0.600. The van der Waals surface area contributed by atoms with Crippen LogP contribution < -0.4 is 10.8 Å². The lowest BCUT2D eigenvalue weighted by Gasteiger charge is -2.22. The lowest BCUT2D eigenvalue weighted by atomic mass is 9.84. The van der Waals surface area contributed by atoms with Crippen molar-refractivity contribution in [3.8, 4) is 11.4 Å². The number of rotatable bonds is 9. The summed E-state index contributed by atoms with van der Waals surface area (Å²) in [5.41, 5.74) is 2.46. The van der Waals surface area contributed by atoms with Crippen LogP contribution in [0.1, 0.15) is 69.6 Å². The Morgan fingerprint density at radius 2 is 2.18 bits per heavy atom. The highest BCUT2D eigenvalue weighted by atomic mass is 16.5. The van der Waals surface area contributed by atoms with Gasteiger partial charge in [-0.25, -0.2) is 10.5 Å². The number of hydroxylamine groups is 1. The van der Waals surface area contributed by atoms with Crippen LogP contribution in [-0.2, 0) is 4.79 Å². The number of hydrogen-bond donors (Lipinski definition) is 3. The number of nitrogens with one attached hydrogen (secondary N) is 2. The van der Waals surface area contributed by atoms with Crippen LogP contribution >= 0.6 is 0 Å². The van der Waals surface area contributed by atoms with E-state index in [-0.39, 0.29) is 12.3 Å². The minimum Gasteiger partial charge on any atom is -0.373 e. The summed E-state index contributed by atoms with van der Waals surface area (Å²) < 4.78 is 5.49. The molecule has 1 amide bonds. The predicted molar refractivity (Wildman–Crippen MR) is 105 cm³/mol. The zero-order valence-electron chi connectivity index (χ0n) is 16.4. The van der Waals surface area contributed by atoms with Gasteiger partial charge in [-0.2, -0.15) is 4.98 Å². The molecule has 0 aromatic carbocycles. The van der Waals surface area contributed by atoms with Crippen LogP contribution in [0.25, 0.3) is 11.4 Å². The summed E-state index contributed by atoms with van der Waals surface area (Å²) in [6.45, 7) is 0. The van der Waals surface area contributed by atoms with Crippen LogP contribution in [-0.4, -0.2) is 33.3 Å². The molecule has 0 aliphatic heterocycles. The van der Waals surface area contributed by atoms with Crippen LogP contribution in [0.3, 0.4) is 0 Å². The van der Waals surface area contributed by atoms with Gasteiger partial charge in [0.15, 0.2) is 0 Å². The van der Waals surface area contributed by atoms with Crippen LogP contribution in [0.5, 0.6) is 0 Å². The summed E-state index contributed by atoms with van der Waals surface area (Å²) in [5, 5.41) is 16.0. The first-order valence-corrected chi connectivity index (χ1v) is 10.1. The van der Waals surface area contributed by atoms with E-state index in [0.717, 1.165) is 30.7 Å². The topological polar surface area (TPSA) is 113 Å². The van der Waals surface area contributed by atoms with Crippen molar-refractivity contribution in [1.82, 2.24) is 20.6 Å². The molecule has 8 nitrogen and oxygen atoms in total. The summed E-state index contributed by atoms with van der Waals surface area (Å²) in [6, 6.07) is 3.68. The van der Waals surface area contributed by atoms with E-state index in [1.54, 1.807) is 18.7 Å². The number of hydrogen-bond acceptors (Lipinski definition) is 7. The van der Waals surface area contributed by atoms with Crippen molar-refractivity contribution in [1.29, 1.82) is 0 Å². The highest BCUT2D eigenvalue weighted by Gasteiger charge is 2.24. The van der Waals surface area contributed by atoms with Crippen molar-refractivity contribution in [3.63, 3.8) is 0 Å². The Bertz CT molecular complexity index is 758. The number of nitrogens with zero attached hydrogens (tertiary/aromatic N) is 3. The van der Waals surface area contributed by atoms with E-state index in [2.05, 4.69) is 20.4 Å². The molecule has 2 aromatic heterocycles. The first kappa shape index (κ1) is 20.3. The maximum atomic E-state index is 11.8. The van der Waals surface area contributed by atoms with E-state index in [1.165, 1.54) is 32.1 Å². The van der Waals surface area contributed by atoms with Gasteiger partial charge in [-0.1, -0.05) is 50.1 Å². The third-order valence-corrected chi connectivity index (χ3v) is 5.52. The number of anilines is 1. The maximum absolute atomic E-state index is 11.8. The molecule has 0 saturated heterocycles. The molecule has 2 heterocycles. The molecule has 28 heavy (non-hydrogen) atoms. The van der Waals surface area contributed by atoms with Gasteiger partial charge in [0.2, 0.25) is 17.6 Å². The van der Waals surface area contributed by atoms with Gasteiger partial charge in [0.05, 0.1) is 5.56 Å². The molecule has 0 bridgehead atoms. The van der Waals surface area contributed by atoms with Crippen molar-refractivity contribution < 1.29 is 14.5 Å². The Morgan fingerprint density at radius 1 is 1.36 bits per heavy atom. The number of carbonyl (C=O) groups is 1. The first-order valence-electron chi connectivity index (χ1n) is 10.1. The summed E-state index contributed by atoms with van der Waals surface area (Å²) in [6.07, 6.45) is 11.4. The molecule has 1 saturated carbocycles. The highest BCUT2D eigenvalue weighted by molar-refractivity contribution is 5.75. The molecular formula is C20H29N5O3. The van der Waals surface area contributed by atoms with Gasteiger partial charge in [-0.15, -0.1) is 0 Å². The van der Waals surface area contributed by atoms with Gasteiger partial charge in [0.25, 0.3) is 0 Å². The van der Waals surface area contributed by atoms with Crippen LogP contribution in [0.2, 0.25) is 0 Å². The molecule has 1 fully saturated rings. The second kappa shape index (κ2) is 10.2. The molecule has 1 unspecified atom stereocenters. The average molecular weight is 387 g/mol. The number of pyridine rings is 1.